The molecule has 1 aromatic heterocycles. The molecule has 1 fully saturated rings. The van der Waals surface area contributed by atoms with Gasteiger partial charge in [-0.15, -0.1) is 0 Å². The van der Waals surface area contributed by atoms with Gasteiger partial charge < -0.3 is 15.4 Å². The van der Waals surface area contributed by atoms with E-state index in [-0.39, 0.29) is 0 Å². The van der Waals surface area contributed by atoms with Gasteiger partial charge >= 0.3 is 0 Å². The highest BCUT2D eigenvalue weighted by Gasteiger charge is 2.15. The maximum atomic E-state index is 5.75. The van der Waals surface area contributed by atoms with Gasteiger partial charge in [-0.2, -0.15) is 11.3 Å². The zero-order chi connectivity index (χ0) is 16.6. The first-order chi connectivity index (χ1) is 11.8. The second-order valence-electron chi connectivity index (χ2n) is 6.06. The summed E-state index contributed by atoms with van der Waals surface area (Å²) in [6.07, 6.45) is 6.05. The van der Waals surface area contributed by atoms with Crippen LogP contribution in [-0.2, 0) is 6.54 Å². The standard InChI is InChI=1S/C20H24N2OS/c1-2-6-23-20-9-17(4-3-16-5-7-24-15-16)8-18(10-20)11-21-12-19-13-22-14-19/h2-5,7-10,15,19,21-22H,1,6,11-14H2/b4-3+. The summed E-state index contributed by atoms with van der Waals surface area (Å²) in [4.78, 5) is 0. The normalized spacial score (nSPS) is 14.7. The lowest BCUT2D eigenvalue weighted by molar-refractivity contribution is 0.331. The molecule has 0 bridgehead atoms. The Bertz CT molecular complexity index is 675. The fourth-order valence-corrected chi connectivity index (χ4v) is 3.23. The number of nitrogens with one attached hydrogen (secondary N) is 2. The van der Waals surface area contributed by atoms with Gasteiger partial charge in [0.05, 0.1) is 0 Å². The summed E-state index contributed by atoms with van der Waals surface area (Å²) in [5, 5.41) is 11.1. The molecule has 1 aliphatic heterocycles. The lowest BCUT2D eigenvalue weighted by Gasteiger charge is -2.27. The van der Waals surface area contributed by atoms with Crippen LogP contribution in [0.3, 0.4) is 0 Å². The van der Waals surface area contributed by atoms with E-state index in [0.29, 0.717) is 6.61 Å². The van der Waals surface area contributed by atoms with Gasteiger partial charge in [-0.05, 0) is 51.6 Å². The Morgan fingerprint density at radius 2 is 2.12 bits per heavy atom. The van der Waals surface area contributed by atoms with Crippen molar-refractivity contribution in [2.24, 2.45) is 5.92 Å². The zero-order valence-corrected chi connectivity index (χ0v) is 14.6. The number of benzene rings is 1. The number of rotatable bonds is 9. The molecule has 0 unspecified atom stereocenters. The third kappa shape index (κ3) is 5.06. The van der Waals surface area contributed by atoms with Gasteiger partial charge in [-0.3, -0.25) is 0 Å². The Balaban J connectivity index is 1.68. The molecule has 0 amide bonds. The Kier molecular flexibility index (Phi) is 6.24. The Morgan fingerprint density at radius 3 is 2.83 bits per heavy atom. The third-order valence-electron chi connectivity index (χ3n) is 4.00. The van der Waals surface area contributed by atoms with E-state index < -0.39 is 0 Å². The van der Waals surface area contributed by atoms with Crippen LogP contribution >= 0.6 is 11.3 Å². The fourth-order valence-electron chi connectivity index (χ4n) is 2.60. The molecule has 2 aromatic rings. The molecule has 1 saturated heterocycles. The van der Waals surface area contributed by atoms with Gasteiger partial charge in [0.2, 0.25) is 0 Å². The maximum absolute atomic E-state index is 5.75. The molecule has 24 heavy (non-hydrogen) atoms. The van der Waals surface area contributed by atoms with Crippen LogP contribution in [0.5, 0.6) is 5.75 Å². The minimum absolute atomic E-state index is 0.526. The van der Waals surface area contributed by atoms with Crippen LogP contribution in [0.15, 0.2) is 47.7 Å². The van der Waals surface area contributed by atoms with E-state index in [9.17, 15) is 0 Å². The highest BCUT2D eigenvalue weighted by molar-refractivity contribution is 7.08. The third-order valence-corrected chi connectivity index (χ3v) is 4.70. The van der Waals surface area contributed by atoms with Crippen molar-refractivity contribution in [3.8, 4) is 5.75 Å². The number of thiophene rings is 1. The summed E-state index contributed by atoms with van der Waals surface area (Å²) < 4.78 is 5.75. The van der Waals surface area contributed by atoms with Gasteiger partial charge in [0.25, 0.3) is 0 Å². The van der Waals surface area contributed by atoms with Crippen LogP contribution in [0.4, 0.5) is 0 Å². The Morgan fingerprint density at radius 1 is 1.25 bits per heavy atom. The van der Waals surface area contributed by atoms with Gasteiger partial charge in [0, 0.05) is 26.2 Å². The highest BCUT2D eigenvalue weighted by Crippen LogP contribution is 2.20. The Labute approximate surface area is 148 Å². The molecule has 126 valence electrons. The predicted octanol–water partition coefficient (Wildman–Crippen LogP) is 3.79. The maximum Gasteiger partial charge on any atom is 0.120 e. The van der Waals surface area contributed by atoms with E-state index >= 15 is 0 Å². The molecule has 1 aliphatic rings. The first kappa shape index (κ1) is 17.0. The first-order valence-corrected chi connectivity index (χ1v) is 9.27. The van der Waals surface area contributed by atoms with Gasteiger partial charge in [0.1, 0.15) is 12.4 Å². The fraction of sp³-hybridized carbons (Fsp3) is 0.300. The molecule has 3 rings (SSSR count). The summed E-state index contributed by atoms with van der Waals surface area (Å²) in [7, 11) is 0. The molecular weight excluding hydrogens is 316 g/mol. The monoisotopic (exact) mass is 340 g/mol. The van der Waals surface area contributed by atoms with E-state index in [4.69, 9.17) is 4.74 Å². The van der Waals surface area contributed by atoms with E-state index in [1.54, 1.807) is 17.4 Å². The molecule has 0 atom stereocenters. The van der Waals surface area contributed by atoms with Crippen molar-refractivity contribution in [3.63, 3.8) is 0 Å². The summed E-state index contributed by atoms with van der Waals surface area (Å²) in [6, 6.07) is 8.52. The van der Waals surface area contributed by atoms with Gasteiger partial charge in [0.15, 0.2) is 0 Å². The topological polar surface area (TPSA) is 33.3 Å². The predicted molar refractivity (Wildman–Crippen MR) is 103 cm³/mol. The average Bonchev–Trinajstić information content (AvgIpc) is 3.07. The molecule has 0 aliphatic carbocycles. The molecule has 2 heterocycles. The SMILES string of the molecule is C=CCOc1cc(/C=C/c2ccsc2)cc(CNCC2CNC2)c1. The first-order valence-electron chi connectivity index (χ1n) is 8.33. The van der Waals surface area contributed by atoms with Gasteiger partial charge in [-0.25, -0.2) is 0 Å². The lowest BCUT2D eigenvalue weighted by atomic mass is 10.0. The number of hydrogen-bond acceptors (Lipinski definition) is 4. The van der Waals surface area contributed by atoms with Crippen molar-refractivity contribution in [3.05, 3.63) is 64.4 Å². The molecule has 3 nitrogen and oxygen atoms in total. The molecule has 1 aromatic carbocycles. The Hall–Kier alpha value is -1.88. The van der Waals surface area contributed by atoms with Crippen LogP contribution in [-0.4, -0.2) is 26.2 Å². The average molecular weight is 340 g/mol. The van der Waals surface area contributed by atoms with Gasteiger partial charge in [-0.1, -0.05) is 30.9 Å². The largest absolute Gasteiger partial charge is 0.490 e. The molecule has 0 spiro atoms. The lowest BCUT2D eigenvalue weighted by Crippen LogP contribution is -2.47. The highest BCUT2D eigenvalue weighted by atomic mass is 32.1. The number of ether oxygens (including phenoxy) is 1. The second kappa shape index (κ2) is 8.83. The van der Waals surface area contributed by atoms with E-state index in [2.05, 4.69) is 64.4 Å². The van der Waals surface area contributed by atoms with Crippen LogP contribution in [0, 0.1) is 5.92 Å². The van der Waals surface area contributed by atoms with E-state index in [1.807, 2.05) is 0 Å². The van der Waals surface area contributed by atoms with Crippen LogP contribution < -0.4 is 15.4 Å². The molecule has 0 radical (unpaired) electrons. The minimum Gasteiger partial charge on any atom is -0.490 e. The van der Waals surface area contributed by atoms with Crippen LogP contribution in [0.2, 0.25) is 0 Å². The van der Waals surface area contributed by atoms with Crippen LogP contribution in [0.1, 0.15) is 16.7 Å². The van der Waals surface area contributed by atoms with E-state index in [1.165, 1.54) is 11.1 Å². The summed E-state index contributed by atoms with van der Waals surface area (Å²) >= 11 is 1.71. The molecule has 2 N–H and O–H groups in total. The summed E-state index contributed by atoms with van der Waals surface area (Å²) in [6.45, 7) is 8.43. The molecule has 0 saturated carbocycles. The smallest absolute Gasteiger partial charge is 0.120 e. The second-order valence-corrected chi connectivity index (χ2v) is 6.84. The van der Waals surface area contributed by atoms with Crippen molar-refractivity contribution in [2.75, 3.05) is 26.2 Å². The quantitative estimate of drug-likeness (QED) is 0.681. The van der Waals surface area contributed by atoms with Crippen molar-refractivity contribution < 1.29 is 4.74 Å². The summed E-state index contributed by atoms with van der Waals surface area (Å²) in [5.41, 5.74) is 3.63. The number of hydrogen-bond donors (Lipinski definition) is 2. The zero-order valence-electron chi connectivity index (χ0n) is 13.8. The summed E-state index contributed by atoms with van der Waals surface area (Å²) in [5.74, 6) is 1.66. The van der Waals surface area contributed by atoms with Crippen molar-refractivity contribution in [1.82, 2.24) is 10.6 Å². The van der Waals surface area contributed by atoms with Crippen molar-refractivity contribution >= 4 is 23.5 Å². The molecule has 4 heteroatoms. The van der Waals surface area contributed by atoms with Crippen molar-refractivity contribution in [2.45, 2.75) is 6.54 Å². The van der Waals surface area contributed by atoms with Crippen LogP contribution in [0.25, 0.3) is 12.2 Å². The molecular formula is C20H24N2OS. The van der Waals surface area contributed by atoms with Crippen molar-refractivity contribution in [1.29, 1.82) is 0 Å². The van der Waals surface area contributed by atoms with E-state index in [0.717, 1.165) is 43.4 Å². The minimum atomic E-state index is 0.526.